The second kappa shape index (κ2) is 9.72. The molecular weight excluding hydrogens is 449 g/mol. The van der Waals surface area contributed by atoms with Gasteiger partial charge in [0.15, 0.2) is 5.96 Å². The smallest absolute Gasteiger partial charge is 0.224 e. The minimum absolute atomic E-state index is 0. The fourth-order valence-electron chi connectivity index (χ4n) is 4.01. The lowest BCUT2D eigenvalue weighted by atomic mass is 9.79. The monoisotopic (exact) mass is 479 g/mol. The average Bonchev–Trinajstić information content (AvgIpc) is 2.99. The summed E-state index contributed by atoms with van der Waals surface area (Å²) in [5.74, 6) is 1.14. The SMILES string of the molecule is CN=C(NCCC(=O)N1CCOCC1)N1CCCC2(CNC(=O)C2)C1.I. The van der Waals surface area contributed by atoms with Gasteiger partial charge in [-0.15, -0.1) is 24.0 Å². The number of hydrogen-bond acceptors (Lipinski definition) is 4. The summed E-state index contributed by atoms with van der Waals surface area (Å²) >= 11 is 0. The Morgan fingerprint density at radius 2 is 2.08 bits per heavy atom. The van der Waals surface area contributed by atoms with Gasteiger partial charge in [-0.05, 0) is 12.8 Å². The number of morpholine rings is 1. The number of carbonyl (C=O) groups excluding carboxylic acids is 2. The molecule has 148 valence electrons. The van der Waals surface area contributed by atoms with E-state index in [4.69, 9.17) is 4.74 Å². The zero-order valence-corrected chi connectivity index (χ0v) is 17.8. The van der Waals surface area contributed by atoms with E-state index >= 15 is 0 Å². The van der Waals surface area contributed by atoms with Crippen LogP contribution in [0.3, 0.4) is 0 Å². The van der Waals surface area contributed by atoms with Gasteiger partial charge in [0.05, 0.1) is 13.2 Å². The molecule has 2 amide bonds. The predicted molar refractivity (Wildman–Crippen MR) is 110 cm³/mol. The highest BCUT2D eigenvalue weighted by molar-refractivity contribution is 14.0. The van der Waals surface area contributed by atoms with Gasteiger partial charge in [0.25, 0.3) is 0 Å². The quantitative estimate of drug-likeness (QED) is 0.339. The summed E-state index contributed by atoms with van der Waals surface area (Å²) < 4.78 is 5.28. The Labute approximate surface area is 172 Å². The number of likely N-dealkylation sites (tertiary alicyclic amines) is 1. The number of nitrogens with one attached hydrogen (secondary N) is 2. The molecule has 3 rings (SSSR count). The Hall–Kier alpha value is -1.10. The molecule has 3 saturated heterocycles. The highest BCUT2D eigenvalue weighted by Gasteiger charge is 2.42. The first-order valence-electron chi connectivity index (χ1n) is 9.20. The molecule has 1 spiro atoms. The van der Waals surface area contributed by atoms with Crippen molar-refractivity contribution in [1.82, 2.24) is 20.4 Å². The lowest BCUT2D eigenvalue weighted by Gasteiger charge is -2.40. The van der Waals surface area contributed by atoms with Crippen LogP contribution in [0, 0.1) is 5.41 Å². The molecule has 0 aromatic rings. The molecule has 0 aromatic carbocycles. The zero-order chi connectivity index (χ0) is 17.7. The van der Waals surface area contributed by atoms with Crippen LogP contribution in [0.15, 0.2) is 4.99 Å². The topological polar surface area (TPSA) is 86.3 Å². The van der Waals surface area contributed by atoms with Gasteiger partial charge in [0, 0.05) is 64.6 Å². The summed E-state index contributed by atoms with van der Waals surface area (Å²) in [6, 6.07) is 0. The van der Waals surface area contributed by atoms with Crippen LogP contribution in [0.4, 0.5) is 0 Å². The number of amides is 2. The Morgan fingerprint density at radius 1 is 1.31 bits per heavy atom. The molecule has 8 nitrogen and oxygen atoms in total. The van der Waals surface area contributed by atoms with Gasteiger partial charge in [-0.1, -0.05) is 0 Å². The fraction of sp³-hybridized carbons (Fsp3) is 0.824. The van der Waals surface area contributed by atoms with Crippen LogP contribution in [0.1, 0.15) is 25.7 Å². The summed E-state index contributed by atoms with van der Waals surface area (Å²) in [6.07, 6.45) is 3.20. The molecular formula is C17H30IN5O3. The Balaban J connectivity index is 0.00000243. The van der Waals surface area contributed by atoms with E-state index in [0.29, 0.717) is 45.7 Å². The molecule has 0 aromatic heterocycles. The van der Waals surface area contributed by atoms with Crippen LogP contribution < -0.4 is 10.6 Å². The van der Waals surface area contributed by atoms with Crippen LogP contribution in [0.2, 0.25) is 0 Å². The molecule has 0 radical (unpaired) electrons. The molecule has 9 heteroatoms. The molecule has 3 heterocycles. The summed E-state index contributed by atoms with van der Waals surface area (Å²) in [5.41, 5.74) is 0.0383. The largest absolute Gasteiger partial charge is 0.378 e. The molecule has 26 heavy (non-hydrogen) atoms. The minimum Gasteiger partial charge on any atom is -0.378 e. The number of ether oxygens (including phenoxy) is 1. The third-order valence-electron chi connectivity index (χ3n) is 5.35. The van der Waals surface area contributed by atoms with E-state index in [1.54, 1.807) is 7.05 Å². The van der Waals surface area contributed by atoms with Crippen molar-refractivity contribution in [3.8, 4) is 0 Å². The number of hydrogen-bond donors (Lipinski definition) is 2. The third-order valence-corrected chi connectivity index (χ3v) is 5.35. The maximum absolute atomic E-state index is 12.2. The summed E-state index contributed by atoms with van der Waals surface area (Å²) in [5, 5.41) is 6.28. The standard InChI is InChI=1S/C17H29N5O3.HI/c1-18-16(19-5-3-15(24)21-7-9-25-10-8-21)22-6-2-4-17(13-22)11-14(23)20-12-17;/h2-13H2,1H3,(H,18,19)(H,20,23);1H. The second-order valence-corrected chi connectivity index (χ2v) is 7.20. The molecule has 0 saturated carbocycles. The number of piperidine rings is 1. The number of aliphatic imine (C=N–C) groups is 1. The first kappa shape index (κ1) is 21.2. The van der Waals surface area contributed by atoms with Crippen molar-refractivity contribution in [2.75, 3.05) is 59.5 Å². The summed E-state index contributed by atoms with van der Waals surface area (Å²) in [4.78, 5) is 32.3. The molecule has 3 aliphatic rings. The van der Waals surface area contributed by atoms with Crippen molar-refractivity contribution >= 4 is 41.8 Å². The van der Waals surface area contributed by atoms with Gasteiger partial charge < -0.3 is 25.2 Å². The lowest BCUT2D eigenvalue weighted by molar-refractivity contribution is -0.135. The fourth-order valence-corrected chi connectivity index (χ4v) is 4.01. The number of halogens is 1. The Morgan fingerprint density at radius 3 is 2.73 bits per heavy atom. The van der Waals surface area contributed by atoms with E-state index in [9.17, 15) is 9.59 Å². The Kier molecular flexibility index (Phi) is 7.93. The number of guanidine groups is 1. The van der Waals surface area contributed by atoms with Gasteiger partial charge >= 0.3 is 0 Å². The molecule has 2 N–H and O–H groups in total. The van der Waals surface area contributed by atoms with Crippen molar-refractivity contribution < 1.29 is 14.3 Å². The predicted octanol–water partition coefficient (Wildman–Crippen LogP) is 0.0308. The number of rotatable bonds is 3. The second-order valence-electron chi connectivity index (χ2n) is 7.20. The van der Waals surface area contributed by atoms with E-state index in [1.165, 1.54) is 0 Å². The van der Waals surface area contributed by atoms with Crippen molar-refractivity contribution in [3.63, 3.8) is 0 Å². The van der Waals surface area contributed by atoms with E-state index < -0.39 is 0 Å². The van der Waals surface area contributed by atoms with Gasteiger partial charge in [-0.2, -0.15) is 0 Å². The average molecular weight is 479 g/mol. The van der Waals surface area contributed by atoms with Gasteiger partial charge in [-0.3, -0.25) is 14.6 Å². The van der Waals surface area contributed by atoms with E-state index in [1.807, 2.05) is 4.90 Å². The molecule has 0 bridgehead atoms. The lowest BCUT2D eigenvalue weighted by Crippen LogP contribution is -2.51. The number of carbonyl (C=O) groups is 2. The highest BCUT2D eigenvalue weighted by atomic mass is 127. The van der Waals surface area contributed by atoms with E-state index in [0.717, 1.165) is 38.4 Å². The van der Waals surface area contributed by atoms with E-state index in [-0.39, 0.29) is 41.2 Å². The van der Waals surface area contributed by atoms with Gasteiger partial charge in [-0.25, -0.2) is 0 Å². The van der Waals surface area contributed by atoms with Crippen molar-refractivity contribution in [1.29, 1.82) is 0 Å². The molecule has 0 aliphatic carbocycles. The molecule has 1 unspecified atom stereocenters. The maximum Gasteiger partial charge on any atom is 0.224 e. The number of nitrogens with zero attached hydrogens (tertiary/aromatic N) is 3. The molecule has 3 aliphatic heterocycles. The summed E-state index contributed by atoms with van der Waals surface area (Å²) in [7, 11) is 1.77. The van der Waals surface area contributed by atoms with E-state index in [2.05, 4.69) is 20.5 Å². The van der Waals surface area contributed by atoms with Crippen molar-refractivity contribution in [3.05, 3.63) is 0 Å². The first-order chi connectivity index (χ1) is 12.1. The van der Waals surface area contributed by atoms with Crippen LogP contribution in [0.5, 0.6) is 0 Å². The molecule has 1 atom stereocenters. The van der Waals surface area contributed by atoms with Crippen LogP contribution >= 0.6 is 24.0 Å². The van der Waals surface area contributed by atoms with Crippen molar-refractivity contribution in [2.45, 2.75) is 25.7 Å². The van der Waals surface area contributed by atoms with Crippen LogP contribution in [0.25, 0.3) is 0 Å². The van der Waals surface area contributed by atoms with Gasteiger partial charge in [0.2, 0.25) is 11.8 Å². The zero-order valence-electron chi connectivity index (χ0n) is 15.5. The Bertz CT molecular complexity index is 538. The normalized spacial score (nSPS) is 26.5. The highest BCUT2D eigenvalue weighted by Crippen LogP contribution is 2.35. The maximum atomic E-state index is 12.2. The molecule has 3 fully saturated rings. The third kappa shape index (κ3) is 5.21. The first-order valence-corrected chi connectivity index (χ1v) is 9.20. The minimum atomic E-state index is 0. The van der Waals surface area contributed by atoms with Crippen molar-refractivity contribution in [2.24, 2.45) is 10.4 Å². The van der Waals surface area contributed by atoms with Crippen LogP contribution in [-0.2, 0) is 14.3 Å². The van der Waals surface area contributed by atoms with Gasteiger partial charge in [0.1, 0.15) is 0 Å². The summed E-state index contributed by atoms with van der Waals surface area (Å²) in [6.45, 7) is 5.73. The van der Waals surface area contributed by atoms with Crippen LogP contribution in [-0.4, -0.2) is 87.1 Å².